The van der Waals surface area contributed by atoms with Crippen LogP contribution >= 0.6 is 0 Å². The molecule has 0 aromatic heterocycles. The largest absolute Gasteiger partial charge is 0.493 e. The molecule has 0 radical (unpaired) electrons. The highest BCUT2D eigenvalue weighted by Crippen LogP contribution is 2.40. The number of hydrogen-bond acceptors (Lipinski definition) is 6. The third-order valence-corrected chi connectivity index (χ3v) is 6.59. The standard InChI is InChI=1S/C27H35N3O6/c1-17(19-15-22(34-2)24(36-4)23(16-19)35-3)27(33)30-13-9-8-12-21(30)26(32)29-20(25(28)31)14-18-10-6-5-7-11-18/h5-7,10-11,15-17,20-21H,8-9,12-14H2,1-4H3,(H2,28,31)(H,29,32)/t17-,20-,21-/m0/s1. The predicted octanol–water partition coefficient (Wildman–Crippen LogP) is 2.41. The van der Waals surface area contributed by atoms with Gasteiger partial charge in [0.2, 0.25) is 23.5 Å². The molecule has 1 saturated heterocycles. The van der Waals surface area contributed by atoms with Gasteiger partial charge in [-0.05, 0) is 49.4 Å². The zero-order chi connectivity index (χ0) is 26.2. The molecular weight excluding hydrogens is 462 g/mol. The van der Waals surface area contributed by atoms with Crippen molar-refractivity contribution in [3.8, 4) is 17.2 Å². The Morgan fingerprint density at radius 1 is 1.03 bits per heavy atom. The van der Waals surface area contributed by atoms with E-state index in [-0.39, 0.29) is 18.2 Å². The van der Waals surface area contributed by atoms with Crippen LogP contribution in [0.3, 0.4) is 0 Å². The van der Waals surface area contributed by atoms with Gasteiger partial charge in [0.15, 0.2) is 11.5 Å². The van der Waals surface area contributed by atoms with Gasteiger partial charge in [0.05, 0.1) is 27.2 Å². The Labute approximate surface area is 211 Å². The Kier molecular flexibility index (Phi) is 9.16. The second kappa shape index (κ2) is 12.3. The van der Waals surface area contributed by atoms with Crippen molar-refractivity contribution in [3.63, 3.8) is 0 Å². The summed E-state index contributed by atoms with van der Waals surface area (Å²) in [5.74, 6) is -0.415. The molecule has 1 fully saturated rings. The molecule has 0 bridgehead atoms. The molecule has 0 saturated carbocycles. The highest BCUT2D eigenvalue weighted by molar-refractivity contribution is 5.93. The summed E-state index contributed by atoms with van der Waals surface area (Å²) < 4.78 is 16.2. The summed E-state index contributed by atoms with van der Waals surface area (Å²) in [6.45, 7) is 2.24. The van der Waals surface area contributed by atoms with E-state index in [2.05, 4.69) is 5.32 Å². The molecular formula is C27H35N3O6. The fourth-order valence-corrected chi connectivity index (χ4v) is 4.55. The zero-order valence-electron chi connectivity index (χ0n) is 21.3. The molecule has 3 atom stereocenters. The van der Waals surface area contributed by atoms with Crippen molar-refractivity contribution in [2.24, 2.45) is 5.73 Å². The van der Waals surface area contributed by atoms with E-state index >= 15 is 0 Å². The number of carbonyl (C=O) groups is 3. The first kappa shape index (κ1) is 26.8. The second-order valence-corrected chi connectivity index (χ2v) is 8.88. The monoisotopic (exact) mass is 497 g/mol. The second-order valence-electron chi connectivity index (χ2n) is 8.88. The first-order valence-corrected chi connectivity index (χ1v) is 12.0. The van der Waals surface area contributed by atoms with E-state index in [1.54, 1.807) is 24.0 Å². The lowest BCUT2D eigenvalue weighted by molar-refractivity contribution is -0.143. The predicted molar refractivity (Wildman–Crippen MR) is 135 cm³/mol. The van der Waals surface area contributed by atoms with Gasteiger partial charge in [0.1, 0.15) is 12.1 Å². The highest BCUT2D eigenvalue weighted by atomic mass is 16.5. The van der Waals surface area contributed by atoms with Crippen LogP contribution in [0.25, 0.3) is 0 Å². The normalized spacial score (nSPS) is 17.0. The van der Waals surface area contributed by atoms with E-state index < -0.39 is 23.9 Å². The summed E-state index contributed by atoms with van der Waals surface area (Å²) in [6, 6.07) is 11.3. The first-order chi connectivity index (χ1) is 17.3. The Bertz CT molecular complexity index is 1050. The molecule has 1 aliphatic heterocycles. The highest BCUT2D eigenvalue weighted by Gasteiger charge is 2.36. The van der Waals surface area contributed by atoms with Crippen LogP contribution in [0.1, 0.15) is 43.2 Å². The van der Waals surface area contributed by atoms with E-state index in [1.807, 2.05) is 30.3 Å². The number of carbonyl (C=O) groups excluding carboxylic acids is 3. The molecule has 36 heavy (non-hydrogen) atoms. The first-order valence-electron chi connectivity index (χ1n) is 12.0. The quantitative estimate of drug-likeness (QED) is 0.520. The number of nitrogens with zero attached hydrogens (tertiary/aromatic N) is 1. The van der Waals surface area contributed by atoms with Crippen LogP contribution in [0.2, 0.25) is 0 Å². The number of benzene rings is 2. The molecule has 0 spiro atoms. The van der Waals surface area contributed by atoms with Crippen LogP contribution in [0.4, 0.5) is 0 Å². The van der Waals surface area contributed by atoms with Gasteiger partial charge in [-0.1, -0.05) is 30.3 Å². The number of nitrogens with one attached hydrogen (secondary N) is 1. The molecule has 194 valence electrons. The number of piperidine rings is 1. The molecule has 9 heteroatoms. The molecule has 9 nitrogen and oxygen atoms in total. The van der Waals surface area contributed by atoms with Gasteiger partial charge < -0.3 is 30.2 Å². The van der Waals surface area contributed by atoms with Crippen LogP contribution in [-0.2, 0) is 20.8 Å². The van der Waals surface area contributed by atoms with E-state index in [9.17, 15) is 14.4 Å². The minimum atomic E-state index is -0.869. The molecule has 2 aromatic carbocycles. The molecule has 0 unspecified atom stereocenters. The molecule has 1 heterocycles. The van der Waals surface area contributed by atoms with Crippen molar-refractivity contribution in [1.82, 2.24) is 10.2 Å². The Morgan fingerprint density at radius 3 is 2.22 bits per heavy atom. The SMILES string of the molecule is COc1cc([C@H](C)C(=O)N2CCCC[C@H]2C(=O)N[C@@H](Cc2ccccc2)C(N)=O)cc(OC)c1OC. The van der Waals surface area contributed by atoms with Crippen molar-refractivity contribution in [2.45, 2.75) is 50.6 Å². The zero-order valence-corrected chi connectivity index (χ0v) is 21.3. The van der Waals surface area contributed by atoms with E-state index in [0.717, 1.165) is 18.4 Å². The third-order valence-electron chi connectivity index (χ3n) is 6.59. The van der Waals surface area contributed by atoms with Crippen LogP contribution in [-0.4, -0.2) is 62.6 Å². The maximum Gasteiger partial charge on any atom is 0.243 e. The van der Waals surface area contributed by atoms with Crippen molar-refractivity contribution in [2.75, 3.05) is 27.9 Å². The number of hydrogen-bond donors (Lipinski definition) is 2. The van der Waals surface area contributed by atoms with Crippen molar-refractivity contribution in [1.29, 1.82) is 0 Å². The fourth-order valence-electron chi connectivity index (χ4n) is 4.55. The summed E-state index contributed by atoms with van der Waals surface area (Å²) in [5.41, 5.74) is 7.15. The van der Waals surface area contributed by atoms with E-state index in [1.165, 1.54) is 21.3 Å². The topological polar surface area (TPSA) is 120 Å². The summed E-state index contributed by atoms with van der Waals surface area (Å²) >= 11 is 0. The van der Waals surface area contributed by atoms with E-state index in [4.69, 9.17) is 19.9 Å². The minimum Gasteiger partial charge on any atom is -0.493 e. The number of methoxy groups -OCH3 is 3. The molecule has 3 rings (SSSR count). The molecule has 0 aliphatic carbocycles. The lowest BCUT2D eigenvalue weighted by Gasteiger charge is -2.37. The average Bonchev–Trinajstić information content (AvgIpc) is 2.91. The van der Waals surface area contributed by atoms with Crippen molar-refractivity contribution < 1.29 is 28.6 Å². The van der Waals surface area contributed by atoms with Gasteiger partial charge >= 0.3 is 0 Å². The van der Waals surface area contributed by atoms with Crippen LogP contribution in [0.5, 0.6) is 17.2 Å². The lowest BCUT2D eigenvalue weighted by Crippen LogP contribution is -2.56. The van der Waals surface area contributed by atoms with Gasteiger partial charge in [0.25, 0.3) is 0 Å². The fraction of sp³-hybridized carbons (Fsp3) is 0.444. The van der Waals surface area contributed by atoms with Crippen LogP contribution in [0, 0.1) is 0 Å². The molecule has 3 amide bonds. The summed E-state index contributed by atoms with van der Waals surface area (Å²) in [5, 5.41) is 2.79. The smallest absolute Gasteiger partial charge is 0.243 e. The van der Waals surface area contributed by atoms with Gasteiger partial charge in [-0.15, -0.1) is 0 Å². The minimum absolute atomic E-state index is 0.192. The van der Waals surface area contributed by atoms with Gasteiger partial charge in [-0.2, -0.15) is 0 Å². The summed E-state index contributed by atoms with van der Waals surface area (Å²) in [4.78, 5) is 40.6. The number of likely N-dealkylation sites (tertiary alicyclic amines) is 1. The van der Waals surface area contributed by atoms with E-state index in [0.29, 0.717) is 35.8 Å². The van der Waals surface area contributed by atoms with Gasteiger partial charge in [0, 0.05) is 13.0 Å². The van der Waals surface area contributed by atoms with Crippen molar-refractivity contribution in [3.05, 3.63) is 53.6 Å². The molecule has 3 N–H and O–H groups in total. The molecule has 1 aliphatic rings. The summed E-state index contributed by atoms with van der Waals surface area (Å²) in [7, 11) is 4.55. The van der Waals surface area contributed by atoms with Crippen LogP contribution in [0.15, 0.2) is 42.5 Å². The Hall–Kier alpha value is -3.75. The maximum absolute atomic E-state index is 13.6. The Morgan fingerprint density at radius 2 is 1.67 bits per heavy atom. The third kappa shape index (κ3) is 6.08. The lowest BCUT2D eigenvalue weighted by atomic mass is 9.94. The number of rotatable bonds is 10. The number of primary amides is 1. The maximum atomic E-state index is 13.6. The van der Waals surface area contributed by atoms with Gasteiger partial charge in [-0.3, -0.25) is 14.4 Å². The summed E-state index contributed by atoms with van der Waals surface area (Å²) in [6.07, 6.45) is 2.39. The molecule has 2 aromatic rings. The number of ether oxygens (including phenoxy) is 3. The Balaban J connectivity index is 1.80. The average molecular weight is 498 g/mol. The number of nitrogens with two attached hydrogens (primary N) is 1. The van der Waals surface area contributed by atoms with Crippen LogP contribution < -0.4 is 25.3 Å². The van der Waals surface area contributed by atoms with Gasteiger partial charge in [-0.25, -0.2) is 0 Å². The van der Waals surface area contributed by atoms with Crippen molar-refractivity contribution >= 4 is 17.7 Å². The number of amides is 3.